The molecule has 0 bridgehead atoms. The predicted octanol–water partition coefficient (Wildman–Crippen LogP) is 4.36. The highest BCUT2D eigenvalue weighted by Gasteiger charge is 2.28. The third-order valence-electron chi connectivity index (χ3n) is 3.17. The van der Waals surface area contributed by atoms with Crippen LogP contribution in [-0.4, -0.2) is 14.5 Å². The van der Waals surface area contributed by atoms with E-state index in [1.165, 1.54) is 4.31 Å². The fourth-order valence-electron chi connectivity index (χ4n) is 2.25. The van der Waals surface area contributed by atoms with Crippen LogP contribution in [0.3, 0.4) is 0 Å². The van der Waals surface area contributed by atoms with Crippen LogP contribution in [0.2, 0.25) is 0 Å². The normalized spacial score (nSPS) is 11.7. The van der Waals surface area contributed by atoms with Crippen LogP contribution < -0.4 is 4.31 Å². The van der Waals surface area contributed by atoms with E-state index in [2.05, 4.69) is 15.9 Å². The lowest BCUT2D eigenvalue weighted by Gasteiger charge is -2.29. The Kier molecular flexibility index (Phi) is 4.74. The first kappa shape index (κ1) is 16.0. The van der Waals surface area contributed by atoms with E-state index in [4.69, 9.17) is 0 Å². The molecule has 5 heteroatoms. The third-order valence-corrected chi connectivity index (χ3v) is 5.81. The highest BCUT2D eigenvalue weighted by Crippen LogP contribution is 2.29. The van der Waals surface area contributed by atoms with Gasteiger partial charge in [0.2, 0.25) is 0 Å². The molecule has 0 aliphatic carbocycles. The lowest BCUT2D eigenvalue weighted by Crippen LogP contribution is -2.37. The second-order valence-electron chi connectivity index (χ2n) is 5.14. The van der Waals surface area contributed by atoms with Gasteiger partial charge >= 0.3 is 0 Å². The number of halogens is 1. The van der Waals surface area contributed by atoms with Crippen molar-refractivity contribution in [1.29, 1.82) is 0 Å². The Morgan fingerprint density at radius 2 is 1.67 bits per heavy atom. The molecule has 0 saturated carbocycles. The maximum Gasteiger partial charge on any atom is 0.264 e. The number of hydrogen-bond donors (Lipinski definition) is 0. The summed E-state index contributed by atoms with van der Waals surface area (Å²) in [5, 5.41) is 0. The molecule has 112 valence electrons. The number of aryl methyl sites for hydroxylation is 1. The molecule has 2 aromatic rings. The van der Waals surface area contributed by atoms with Gasteiger partial charge in [0.1, 0.15) is 0 Å². The van der Waals surface area contributed by atoms with Crippen LogP contribution in [0.1, 0.15) is 19.4 Å². The van der Waals surface area contributed by atoms with Gasteiger partial charge in [0.15, 0.2) is 0 Å². The van der Waals surface area contributed by atoms with Crippen LogP contribution in [0.25, 0.3) is 0 Å². The minimum Gasteiger partial charge on any atom is -0.264 e. The number of para-hydroxylation sites is 1. The van der Waals surface area contributed by atoms with Gasteiger partial charge in [-0.3, -0.25) is 4.31 Å². The minimum absolute atomic E-state index is 0.171. The highest BCUT2D eigenvalue weighted by atomic mass is 79.9. The van der Waals surface area contributed by atoms with Gasteiger partial charge in [-0.15, -0.1) is 0 Å². The van der Waals surface area contributed by atoms with E-state index < -0.39 is 10.0 Å². The van der Waals surface area contributed by atoms with Crippen molar-refractivity contribution in [2.75, 3.05) is 4.31 Å². The maximum absolute atomic E-state index is 13.1. The molecule has 21 heavy (non-hydrogen) atoms. The summed E-state index contributed by atoms with van der Waals surface area (Å²) >= 11 is 3.35. The first-order valence-electron chi connectivity index (χ1n) is 6.69. The fraction of sp³-hybridized carbons (Fsp3) is 0.250. The van der Waals surface area contributed by atoms with Crippen LogP contribution in [0.5, 0.6) is 0 Å². The summed E-state index contributed by atoms with van der Waals surface area (Å²) in [6, 6.07) is 14.3. The molecule has 0 saturated heterocycles. The van der Waals surface area contributed by atoms with Crippen molar-refractivity contribution < 1.29 is 8.42 Å². The van der Waals surface area contributed by atoms with E-state index >= 15 is 0 Å². The van der Waals surface area contributed by atoms with Gasteiger partial charge in [0, 0.05) is 10.5 Å². The first-order valence-corrected chi connectivity index (χ1v) is 8.93. The Labute approximate surface area is 134 Å². The SMILES string of the molecule is Cc1ccc(Br)cc1S(=O)(=O)N(c1ccccc1)C(C)C. The number of nitrogens with zero attached hydrogens (tertiary/aromatic N) is 1. The molecule has 0 aliphatic rings. The highest BCUT2D eigenvalue weighted by molar-refractivity contribution is 9.10. The van der Waals surface area contributed by atoms with E-state index in [-0.39, 0.29) is 6.04 Å². The van der Waals surface area contributed by atoms with Crippen LogP contribution in [0, 0.1) is 6.92 Å². The zero-order valence-electron chi connectivity index (χ0n) is 12.2. The Hall–Kier alpha value is -1.33. The lowest BCUT2D eigenvalue weighted by molar-refractivity contribution is 0.583. The molecule has 0 aliphatic heterocycles. The quantitative estimate of drug-likeness (QED) is 0.804. The number of hydrogen-bond acceptors (Lipinski definition) is 2. The van der Waals surface area contributed by atoms with Crippen molar-refractivity contribution in [1.82, 2.24) is 0 Å². The largest absolute Gasteiger partial charge is 0.264 e. The smallest absolute Gasteiger partial charge is 0.264 e. The molecule has 3 nitrogen and oxygen atoms in total. The van der Waals surface area contributed by atoms with E-state index in [9.17, 15) is 8.42 Å². The average molecular weight is 368 g/mol. The van der Waals surface area contributed by atoms with E-state index in [1.54, 1.807) is 12.1 Å². The average Bonchev–Trinajstić information content (AvgIpc) is 2.42. The number of benzene rings is 2. The predicted molar refractivity (Wildman–Crippen MR) is 90.1 cm³/mol. The topological polar surface area (TPSA) is 37.4 Å². The van der Waals surface area contributed by atoms with Crippen LogP contribution in [0.4, 0.5) is 5.69 Å². The number of rotatable bonds is 4. The standard InChI is InChI=1S/C16H18BrNO2S/c1-12(2)18(15-7-5-4-6-8-15)21(19,20)16-11-14(17)10-9-13(16)3/h4-12H,1-3H3. The Bertz CT molecular complexity index is 727. The number of sulfonamides is 1. The van der Waals surface area contributed by atoms with Gasteiger partial charge in [-0.2, -0.15) is 0 Å². The molecule has 2 rings (SSSR count). The number of anilines is 1. The maximum atomic E-state index is 13.1. The molecule has 0 spiro atoms. The van der Waals surface area contributed by atoms with Crippen molar-refractivity contribution in [2.45, 2.75) is 31.7 Å². The van der Waals surface area contributed by atoms with Gasteiger partial charge in [-0.25, -0.2) is 8.42 Å². The van der Waals surface area contributed by atoms with Crippen molar-refractivity contribution in [3.8, 4) is 0 Å². The van der Waals surface area contributed by atoms with Crippen LogP contribution >= 0.6 is 15.9 Å². The Morgan fingerprint density at radius 3 is 2.24 bits per heavy atom. The second-order valence-corrected chi connectivity index (χ2v) is 7.84. The van der Waals surface area contributed by atoms with E-state index in [0.29, 0.717) is 10.6 Å². The van der Waals surface area contributed by atoms with Crippen LogP contribution in [-0.2, 0) is 10.0 Å². The van der Waals surface area contributed by atoms with Crippen molar-refractivity contribution in [2.24, 2.45) is 0 Å². The fourth-order valence-corrected chi connectivity index (χ4v) is 4.68. The van der Waals surface area contributed by atoms with Crippen molar-refractivity contribution >= 4 is 31.6 Å². The van der Waals surface area contributed by atoms with Gasteiger partial charge < -0.3 is 0 Å². The van der Waals surface area contributed by atoms with Gasteiger partial charge in [0.05, 0.1) is 10.6 Å². The Balaban J connectivity index is 2.61. The lowest BCUT2D eigenvalue weighted by atomic mass is 10.2. The summed E-state index contributed by atoms with van der Waals surface area (Å²) in [6.07, 6.45) is 0. The summed E-state index contributed by atoms with van der Waals surface area (Å²) in [7, 11) is -3.60. The summed E-state index contributed by atoms with van der Waals surface area (Å²) in [6.45, 7) is 5.55. The zero-order chi connectivity index (χ0) is 15.6. The minimum atomic E-state index is -3.60. The summed E-state index contributed by atoms with van der Waals surface area (Å²) < 4.78 is 28.3. The molecule has 0 heterocycles. The summed E-state index contributed by atoms with van der Waals surface area (Å²) in [4.78, 5) is 0.328. The molecule has 0 atom stereocenters. The summed E-state index contributed by atoms with van der Waals surface area (Å²) in [5.74, 6) is 0. The molecule has 0 radical (unpaired) electrons. The molecular formula is C16H18BrNO2S. The first-order chi connectivity index (χ1) is 9.84. The van der Waals surface area contributed by atoms with Crippen molar-refractivity contribution in [3.05, 3.63) is 58.6 Å². The van der Waals surface area contributed by atoms with Gasteiger partial charge in [0.25, 0.3) is 10.0 Å². The molecule has 0 fully saturated rings. The van der Waals surface area contributed by atoms with E-state index in [1.807, 2.05) is 57.2 Å². The van der Waals surface area contributed by atoms with Crippen LogP contribution in [0.15, 0.2) is 57.9 Å². The summed E-state index contributed by atoms with van der Waals surface area (Å²) in [5.41, 5.74) is 1.41. The van der Waals surface area contributed by atoms with Gasteiger partial charge in [-0.1, -0.05) is 40.2 Å². The molecule has 0 aromatic heterocycles. The third kappa shape index (κ3) is 3.30. The molecule has 2 aromatic carbocycles. The monoisotopic (exact) mass is 367 g/mol. The van der Waals surface area contributed by atoms with Crippen molar-refractivity contribution in [3.63, 3.8) is 0 Å². The van der Waals surface area contributed by atoms with E-state index in [0.717, 1.165) is 10.0 Å². The Morgan fingerprint density at radius 1 is 1.05 bits per heavy atom. The molecule has 0 amide bonds. The zero-order valence-corrected chi connectivity index (χ0v) is 14.6. The van der Waals surface area contributed by atoms with Gasteiger partial charge in [-0.05, 0) is 50.6 Å². The molecule has 0 N–H and O–H groups in total. The molecule has 0 unspecified atom stereocenters. The molecular weight excluding hydrogens is 350 g/mol. The second kappa shape index (κ2) is 6.20.